The summed E-state index contributed by atoms with van der Waals surface area (Å²) in [5.74, 6) is 6.32. The maximum Gasteiger partial charge on any atom is 0.0277 e. The number of rotatable bonds is 2. The van der Waals surface area contributed by atoms with E-state index in [1.807, 2.05) is 0 Å². The van der Waals surface area contributed by atoms with Gasteiger partial charge in [-0.25, -0.2) is 0 Å². The first-order chi connectivity index (χ1) is 6.74. The number of hydrogen-bond donors (Lipinski definition) is 1. The molecule has 1 nitrogen and oxygen atoms in total. The average molecular weight is 187 g/mol. The Labute approximate surface area is 86.3 Å². The van der Waals surface area contributed by atoms with E-state index in [-0.39, 0.29) is 0 Å². The van der Waals surface area contributed by atoms with E-state index in [4.69, 9.17) is 5.73 Å². The third-order valence-electron chi connectivity index (χ3n) is 2.12. The van der Waals surface area contributed by atoms with Crippen LogP contribution in [0.5, 0.6) is 0 Å². The molecule has 0 aliphatic carbocycles. The van der Waals surface area contributed by atoms with E-state index in [9.17, 15) is 0 Å². The van der Waals surface area contributed by atoms with Gasteiger partial charge in [0.1, 0.15) is 0 Å². The maximum atomic E-state index is 5.39. The number of aryl methyl sites for hydroxylation is 2. The zero-order valence-corrected chi connectivity index (χ0v) is 8.93. The summed E-state index contributed by atoms with van der Waals surface area (Å²) in [7, 11) is 0. The molecule has 1 aromatic rings. The number of nitrogens with two attached hydrogens (primary N) is 1. The van der Waals surface area contributed by atoms with Gasteiger partial charge in [-0.05, 0) is 44.0 Å². The highest BCUT2D eigenvalue weighted by Gasteiger charge is 1.93. The second kappa shape index (κ2) is 5.47. The van der Waals surface area contributed by atoms with Crippen LogP contribution < -0.4 is 5.73 Å². The highest BCUT2D eigenvalue weighted by molar-refractivity contribution is 5.42. The molecule has 0 radical (unpaired) electrons. The molecule has 0 unspecified atom stereocenters. The summed E-state index contributed by atoms with van der Waals surface area (Å²) in [5.41, 5.74) is 9.04. The van der Waals surface area contributed by atoms with Crippen molar-refractivity contribution in [3.63, 3.8) is 0 Å². The first-order valence-corrected chi connectivity index (χ1v) is 5.00. The largest absolute Gasteiger partial charge is 0.330 e. The number of unbranched alkanes of at least 4 members (excludes halogenated alkanes) is 1. The smallest absolute Gasteiger partial charge is 0.0277 e. The summed E-state index contributed by atoms with van der Waals surface area (Å²) in [6.45, 7) is 4.90. The summed E-state index contributed by atoms with van der Waals surface area (Å²) in [4.78, 5) is 0. The monoisotopic (exact) mass is 187 g/mol. The van der Waals surface area contributed by atoms with E-state index in [1.165, 1.54) is 11.1 Å². The van der Waals surface area contributed by atoms with E-state index >= 15 is 0 Å². The fourth-order valence-corrected chi connectivity index (χ4v) is 1.22. The molecule has 2 N–H and O–H groups in total. The minimum Gasteiger partial charge on any atom is -0.330 e. The zero-order valence-electron chi connectivity index (χ0n) is 8.93. The van der Waals surface area contributed by atoms with Crippen LogP contribution in [0.3, 0.4) is 0 Å². The van der Waals surface area contributed by atoms with Crippen LogP contribution in [0, 0.1) is 25.7 Å². The van der Waals surface area contributed by atoms with Gasteiger partial charge in [-0.1, -0.05) is 24.0 Å². The Hall–Kier alpha value is -1.26. The minimum atomic E-state index is 0.724. The zero-order chi connectivity index (χ0) is 10.4. The molecule has 0 saturated carbocycles. The fraction of sp³-hybridized carbons (Fsp3) is 0.385. The molecule has 0 spiro atoms. The quantitative estimate of drug-likeness (QED) is 0.558. The van der Waals surface area contributed by atoms with Crippen molar-refractivity contribution in [2.24, 2.45) is 5.73 Å². The highest BCUT2D eigenvalue weighted by Crippen LogP contribution is 2.08. The van der Waals surface area contributed by atoms with Gasteiger partial charge in [-0.2, -0.15) is 0 Å². The number of hydrogen-bond acceptors (Lipinski definition) is 1. The van der Waals surface area contributed by atoms with Crippen LogP contribution in [0.2, 0.25) is 0 Å². The van der Waals surface area contributed by atoms with Crippen LogP contribution in [-0.4, -0.2) is 6.54 Å². The van der Waals surface area contributed by atoms with Gasteiger partial charge in [0.15, 0.2) is 0 Å². The van der Waals surface area contributed by atoms with Gasteiger partial charge in [-0.3, -0.25) is 0 Å². The van der Waals surface area contributed by atoms with Crippen molar-refractivity contribution in [1.82, 2.24) is 0 Å². The molecular weight excluding hydrogens is 170 g/mol. The van der Waals surface area contributed by atoms with Gasteiger partial charge in [0.05, 0.1) is 0 Å². The Bertz CT molecular complexity index is 355. The van der Waals surface area contributed by atoms with Gasteiger partial charge in [-0.15, -0.1) is 0 Å². The van der Waals surface area contributed by atoms with Gasteiger partial charge < -0.3 is 5.73 Å². The van der Waals surface area contributed by atoms with Gasteiger partial charge >= 0.3 is 0 Å². The standard InChI is InChI=1S/C13H17N/c1-11-7-8-12(2)13(10-11)6-4-3-5-9-14/h7-8,10H,3,5,9,14H2,1-2H3. The molecule has 0 amide bonds. The summed E-state index contributed by atoms with van der Waals surface area (Å²) >= 11 is 0. The highest BCUT2D eigenvalue weighted by atomic mass is 14.5. The van der Waals surface area contributed by atoms with E-state index in [0.29, 0.717) is 0 Å². The van der Waals surface area contributed by atoms with Crippen molar-refractivity contribution in [1.29, 1.82) is 0 Å². The Kier molecular flexibility index (Phi) is 4.22. The first-order valence-electron chi connectivity index (χ1n) is 5.00. The molecule has 0 bridgehead atoms. The van der Waals surface area contributed by atoms with E-state index in [1.54, 1.807) is 0 Å². The Balaban J connectivity index is 2.73. The van der Waals surface area contributed by atoms with Crippen LogP contribution in [0.15, 0.2) is 18.2 Å². The molecule has 0 heterocycles. The van der Waals surface area contributed by atoms with Gasteiger partial charge in [0.25, 0.3) is 0 Å². The van der Waals surface area contributed by atoms with Gasteiger partial charge in [0, 0.05) is 12.0 Å². The number of benzene rings is 1. The van der Waals surface area contributed by atoms with Crippen LogP contribution in [0.4, 0.5) is 0 Å². The van der Waals surface area contributed by atoms with Crippen molar-refractivity contribution < 1.29 is 0 Å². The second-order valence-corrected chi connectivity index (χ2v) is 3.51. The molecule has 0 atom stereocenters. The molecule has 1 heteroatoms. The van der Waals surface area contributed by atoms with Crippen molar-refractivity contribution in [2.75, 3.05) is 6.54 Å². The summed E-state index contributed by atoms with van der Waals surface area (Å²) in [5, 5.41) is 0. The van der Waals surface area contributed by atoms with Crippen molar-refractivity contribution in [3.8, 4) is 11.8 Å². The molecule has 14 heavy (non-hydrogen) atoms. The molecule has 0 saturated heterocycles. The Morgan fingerprint density at radius 2 is 2.07 bits per heavy atom. The molecule has 1 aromatic carbocycles. The minimum absolute atomic E-state index is 0.724. The molecule has 1 rings (SSSR count). The normalized spacial score (nSPS) is 9.36. The molecule has 0 fully saturated rings. The maximum absolute atomic E-state index is 5.39. The van der Waals surface area contributed by atoms with Crippen molar-refractivity contribution >= 4 is 0 Å². The van der Waals surface area contributed by atoms with Crippen LogP contribution in [0.25, 0.3) is 0 Å². The molecule has 74 valence electrons. The van der Waals surface area contributed by atoms with Crippen molar-refractivity contribution in [2.45, 2.75) is 26.7 Å². The third-order valence-corrected chi connectivity index (χ3v) is 2.12. The first kappa shape index (κ1) is 10.8. The summed E-state index contributed by atoms with van der Waals surface area (Å²) < 4.78 is 0. The van der Waals surface area contributed by atoms with Gasteiger partial charge in [0.2, 0.25) is 0 Å². The average Bonchev–Trinajstić information content (AvgIpc) is 2.18. The lowest BCUT2D eigenvalue weighted by Gasteiger charge is -1.98. The predicted molar refractivity (Wildman–Crippen MR) is 61.1 cm³/mol. The Morgan fingerprint density at radius 3 is 2.79 bits per heavy atom. The SMILES string of the molecule is Cc1ccc(C)c(C#CCCCN)c1. The Morgan fingerprint density at radius 1 is 1.29 bits per heavy atom. The topological polar surface area (TPSA) is 26.0 Å². The molecular formula is C13H17N. The molecule has 0 aromatic heterocycles. The summed E-state index contributed by atoms with van der Waals surface area (Å²) in [6.07, 6.45) is 1.88. The lowest BCUT2D eigenvalue weighted by Crippen LogP contribution is -1.96. The second-order valence-electron chi connectivity index (χ2n) is 3.51. The van der Waals surface area contributed by atoms with E-state index in [2.05, 4.69) is 43.9 Å². The van der Waals surface area contributed by atoms with Crippen LogP contribution in [0.1, 0.15) is 29.5 Å². The van der Waals surface area contributed by atoms with Crippen LogP contribution >= 0.6 is 0 Å². The lowest BCUT2D eigenvalue weighted by atomic mass is 10.1. The lowest BCUT2D eigenvalue weighted by molar-refractivity contribution is 0.870. The van der Waals surface area contributed by atoms with Crippen LogP contribution in [-0.2, 0) is 0 Å². The third kappa shape index (κ3) is 3.24. The predicted octanol–water partition coefficient (Wildman–Crippen LogP) is 2.39. The summed E-state index contributed by atoms with van der Waals surface area (Å²) in [6, 6.07) is 6.35. The van der Waals surface area contributed by atoms with E-state index < -0.39 is 0 Å². The van der Waals surface area contributed by atoms with Crippen molar-refractivity contribution in [3.05, 3.63) is 34.9 Å². The molecule has 0 aliphatic rings. The fourth-order valence-electron chi connectivity index (χ4n) is 1.22. The molecule has 0 aliphatic heterocycles. The van der Waals surface area contributed by atoms with E-state index in [0.717, 1.165) is 24.9 Å².